The van der Waals surface area contributed by atoms with Gasteiger partial charge in [0.05, 0.1) is 5.52 Å². The number of aryl methyl sites for hydroxylation is 1. The molecule has 0 atom stereocenters. The largest absolute Gasteiger partial charge is 0.363 e. The van der Waals surface area contributed by atoms with Crippen molar-refractivity contribution >= 4 is 17.0 Å². The molecule has 5 heteroatoms. The highest BCUT2D eigenvalue weighted by molar-refractivity contribution is 5.78. The number of aromatic amines is 1. The van der Waals surface area contributed by atoms with Gasteiger partial charge in [-0.2, -0.15) is 0 Å². The van der Waals surface area contributed by atoms with Crippen LogP contribution in [0, 0.1) is 6.92 Å². The lowest BCUT2D eigenvalue weighted by atomic mass is 10.2. The van der Waals surface area contributed by atoms with Crippen molar-refractivity contribution in [2.45, 2.75) is 6.92 Å². The zero-order valence-corrected chi connectivity index (χ0v) is 11.2. The lowest BCUT2D eigenvalue weighted by Gasteiger charge is -2.09. The molecule has 0 aliphatic heterocycles. The van der Waals surface area contributed by atoms with Gasteiger partial charge in [-0.1, -0.05) is 0 Å². The molecule has 0 amide bonds. The summed E-state index contributed by atoms with van der Waals surface area (Å²) < 4.78 is 0. The number of hydrogen-bond donors (Lipinski definition) is 1. The number of rotatable bonds is 2. The zero-order chi connectivity index (χ0) is 13.4. The first kappa shape index (κ1) is 11.6. The van der Waals surface area contributed by atoms with Crippen molar-refractivity contribution in [1.82, 2.24) is 19.9 Å². The van der Waals surface area contributed by atoms with Crippen LogP contribution in [-0.2, 0) is 0 Å². The topological polar surface area (TPSA) is 57.7 Å². The molecule has 96 valence electrons. The quantitative estimate of drug-likeness (QED) is 0.762. The van der Waals surface area contributed by atoms with Gasteiger partial charge in [0.1, 0.15) is 11.6 Å². The number of nitrogens with zero attached hydrogens (tertiary/aromatic N) is 4. The van der Waals surface area contributed by atoms with E-state index in [9.17, 15) is 0 Å². The van der Waals surface area contributed by atoms with Crippen LogP contribution in [-0.4, -0.2) is 34.0 Å². The van der Waals surface area contributed by atoms with Crippen LogP contribution in [0.15, 0.2) is 30.5 Å². The van der Waals surface area contributed by atoms with Crippen LogP contribution in [0.1, 0.15) is 5.69 Å². The highest BCUT2D eigenvalue weighted by Gasteiger charge is 2.09. The maximum Gasteiger partial charge on any atom is 0.180 e. The van der Waals surface area contributed by atoms with Crippen LogP contribution >= 0.6 is 0 Å². The number of imidazole rings is 1. The molecule has 0 aliphatic carbocycles. The Hall–Kier alpha value is -2.43. The first-order valence-electron chi connectivity index (χ1n) is 6.11. The van der Waals surface area contributed by atoms with Gasteiger partial charge in [-0.3, -0.25) is 4.98 Å². The molecule has 3 aromatic rings. The molecule has 0 saturated carbocycles. The van der Waals surface area contributed by atoms with E-state index in [4.69, 9.17) is 0 Å². The van der Waals surface area contributed by atoms with Gasteiger partial charge in [0.2, 0.25) is 0 Å². The van der Waals surface area contributed by atoms with Gasteiger partial charge in [0, 0.05) is 31.5 Å². The second kappa shape index (κ2) is 4.35. The van der Waals surface area contributed by atoms with E-state index in [1.165, 1.54) is 0 Å². The van der Waals surface area contributed by atoms with Crippen molar-refractivity contribution < 1.29 is 0 Å². The second-order valence-corrected chi connectivity index (χ2v) is 4.66. The van der Waals surface area contributed by atoms with Gasteiger partial charge >= 0.3 is 0 Å². The Kier molecular flexibility index (Phi) is 2.67. The summed E-state index contributed by atoms with van der Waals surface area (Å²) in [6, 6.07) is 7.89. The fourth-order valence-corrected chi connectivity index (χ4v) is 1.99. The van der Waals surface area contributed by atoms with Gasteiger partial charge in [-0.15, -0.1) is 0 Å². The molecule has 0 aromatic carbocycles. The number of fused-ring (bicyclic) bond motifs is 1. The maximum atomic E-state index is 4.55. The Labute approximate surface area is 111 Å². The molecule has 0 unspecified atom stereocenters. The Morgan fingerprint density at radius 1 is 1.11 bits per heavy atom. The summed E-state index contributed by atoms with van der Waals surface area (Å²) in [4.78, 5) is 18.6. The van der Waals surface area contributed by atoms with Gasteiger partial charge in [-0.05, 0) is 31.2 Å². The number of hydrogen-bond acceptors (Lipinski definition) is 4. The maximum absolute atomic E-state index is 4.55. The normalized spacial score (nSPS) is 10.9. The summed E-state index contributed by atoms with van der Waals surface area (Å²) in [5.74, 6) is 1.71. The van der Waals surface area contributed by atoms with Crippen LogP contribution in [0.4, 0.5) is 5.82 Å². The second-order valence-electron chi connectivity index (χ2n) is 4.66. The predicted octanol–water partition coefficient (Wildman–Crippen LogP) is 2.39. The van der Waals surface area contributed by atoms with E-state index < -0.39 is 0 Å². The van der Waals surface area contributed by atoms with Crippen molar-refractivity contribution in [3.63, 3.8) is 0 Å². The Balaban J connectivity index is 2.14. The molecule has 0 fully saturated rings. The molecule has 19 heavy (non-hydrogen) atoms. The first-order valence-corrected chi connectivity index (χ1v) is 6.11. The minimum atomic E-state index is 0.726. The van der Waals surface area contributed by atoms with Gasteiger partial charge < -0.3 is 9.88 Å². The molecule has 5 nitrogen and oxygen atoms in total. The fraction of sp³-hybridized carbons (Fsp3) is 0.214. The van der Waals surface area contributed by atoms with Crippen molar-refractivity contribution in [2.24, 2.45) is 0 Å². The molecular formula is C14H15N5. The van der Waals surface area contributed by atoms with Crippen LogP contribution in [0.25, 0.3) is 22.6 Å². The van der Waals surface area contributed by atoms with Crippen LogP contribution < -0.4 is 4.90 Å². The molecule has 0 aliphatic rings. The number of nitrogens with one attached hydrogen (secondary N) is 1. The molecule has 3 aromatic heterocycles. The van der Waals surface area contributed by atoms with Crippen LogP contribution in [0.2, 0.25) is 0 Å². The van der Waals surface area contributed by atoms with Crippen molar-refractivity contribution in [3.8, 4) is 11.4 Å². The third-order valence-electron chi connectivity index (χ3n) is 3.05. The Morgan fingerprint density at radius 2 is 1.95 bits per heavy atom. The number of anilines is 1. The van der Waals surface area contributed by atoms with Gasteiger partial charge in [-0.25, -0.2) is 9.97 Å². The van der Waals surface area contributed by atoms with Crippen LogP contribution in [0.5, 0.6) is 0 Å². The fourth-order valence-electron chi connectivity index (χ4n) is 1.99. The highest BCUT2D eigenvalue weighted by Crippen LogP contribution is 2.22. The summed E-state index contributed by atoms with van der Waals surface area (Å²) in [5.41, 5.74) is 3.62. The molecule has 0 spiro atoms. The lowest BCUT2D eigenvalue weighted by molar-refractivity contribution is 1.08. The molecule has 0 radical (unpaired) electrons. The monoisotopic (exact) mass is 253 g/mol. The number of aromatic nitrogens is 4. The minimum absolute atomic E-state index is 0.726. The third-order valence-corrected chi connectivity index (χ3v) is 3.05. The standard InChI is InChI=1S/C14H15N5/c1-9-10(5-4-8-15-9)13-16-11-6-7-12(19(2)3)17-14(11)18-13/h4-8H,1-3H3,(H,16,17,18). The predicted molar refractivity (Wildman–Crippen MR) is 76.2 cm³/mol. The van der Waals surface area contributed by atoms with Gasteiger partial charge in [0.15, 0.2) is 5.65 Å². The number of H-pyrrole nitrogens is 1. The molecule has 3 heterocycles. The zero-order valence-electron chi connectivity index (χ0n) is 11.2. The first-order chi connectivity index (χ1) is 9.15. The average molecular weight is 253 g/mol. The van der Waals surface area contributed by atoms with E-state index in [0.29, 0.717) is 0 Å². The summed E-state index contributed by atoms with van der Waals surface area (Å²) in [5, 5.41) is 0. The Morgan fingerprint density at radius 3 is 2.68 bits per heavy atom. The molecule has 0 bridgehead atoms. The SMILES string of the molecule is Cc1ncccc1-c1nc2nc(N(C)C)ccc2[nH]1. The molecule has 0 saturated heterocycles. The van der Waals surface area contributed by atoms with Gasteiger partial charge in [0.25, 0.3) is 0 Å². The Bertz CT molecular complexity index is 730. The lowest BCUT2D eigenvalue weighted by Crippen LogP contribution is -2.10. The van der Waals surface area contributed by atoms with E-state index >= 15 is 0 Å². The van der Waals surface area contributed by atoms with Crippen molar-refractivity contribution in [3.05, 3.63) is 36.2 Å². The smallest absolute Gasteiger partial charge is 0.180 e. The molecular weight excluding hydrogens is 238 g/mol. The summed E-state index contributed by atoms with van der Waals surface area (Å²) in [6.07, 6.45) is 1.78. The van der Waals surface area contributed by atoms with Crippen molar-refractivity contribution in [2.75, 3.05) is 19.0 Å². The third kappa shape index (κ3) is 2.03. The summed E-state index contributed by atoms with van der Waals surface area (Å²) >= 11 is 0. The van der Waals surface area contributed by atoms with Crippen LogP contribution in [0.3, 0.4) is 0 Å². The minimum Gasteiger partial charge on any atom is -0.363 e. The summed E-state index contributed by atoms with van der Waals surface area (Å²) in [7, 11) is 3.93. The number of pyridine rings is 2. The van der Waals surface area contributed by atoms with E-state index in [2.05, 4.69) is 19.9 Å². The van der Waals surface area contributed by atoms with E-state index in [1.807, 2.05) is 50.2 Å². The van der Waals surface area contributed by atoms with E-state index in [1.54, 1.807) is 6.20 Å². The van der Waals surface area contributed by atoms with Crippen molar-refractivity contribution in [1.29, 1.82) is 0 Å². The molecule has 1 N–H and O–H groups in total. The molecule has 3 rings (SSSR count). The van der Waals surface area contributed by atoms with E-state index in [-0.39, 0.29) is 0 Å². The summed E-state index contributed by atoms with van der Waals surface area (Å²) in [6.45, 7) is 1.97. The van der Waals surface area contributed by atoms with E-state index in [0.717, 1.165) is 34.1 Å². The average Bonchev–Trinajstić information content (AvgIpc) is 2.81. The highest BCUT2D eigenvalue weighted by atomic mass is 15.1.